The van der Waals surface area contributed by atoms with Crippen molar-refractivity contribution in [3.8, 4) is 16.9 Å². The van der Waals surface area contributed by atoms with E-state index in [1.54, 1.807) is 6.07 Å². The number of benzene rings is 3. The van der Waals surface area contributed by atoms with E-state index in [4.69, 9.17) is 4.74 Å². The topological polar surface area (TPSA) is 54.6 Å². The normalized spacial score (nSPS) is 11.7. The molecule has 4 aromatic rings. The molecule has 0 radical (unpaired) electrons. The molecule has 0 aliphatic rings. The van der Waals surface area contributed by atoms with Crippen LogP contribution in [0, 0.1) is 11.8 Å². The molecule has 0 unspecified atom stereocenters. The van der Waals surface area contributed by atoms with Crippen LogP contribution in [-0.2, 0) is 6.54 Å². The summed E-state index contributed by atoms with van der Waals surface area (Å²) in [5, 5.41) is 21.5. The van der Waals surface area contributed by atoms with Crippen molar-refractivity contribution < 1.29 is 14.8 Å². The molecule has 1 aromatic heterocycles. The van der Waals surface area contributed by atoms with E-state index in [0.717, 1.165) is 45.2 Å². The monoisotopic (exact) mass is 415 g/mol. The van der Waals surface area contributed by atoms with Gasteiger partial charge in [-0.25, -0.2) is 0 Å². The number of nitrogens with zero attached hydrogens (tertiary/aromatic N) is 1. The van der Waals surface area contributed by atoms with Gasteiger partial charge < -0.3 is 19.4 Å². The van der Waals surface area contributed by atoms with Gasteiger partial charge in [0.1, 0.15) is 5.75 Å². The predicted molar refractivity (Wildman–Crippen MR) is 130 cm³/mol. The van der Waals surface area contributed by atoms with Crippen molar-refractivity contribution in [1.82, 2.24) is 4.57 Å². The Morgan fingerprint density at radius 3 is 2.00 bits per heavy atom. The van der Waals surface area contributed by atoms with Gasteiger partial charge in [0, 0.05) is 28.4 Å². The van der Waals surface area contributed by atoms with Crippen molar-refractivity contribution >= 4 is 34.4 Å². The molecule has 0 amide bonds. The van der Waals surface area contributed by atoms with Gasteiger partial charge in [-0.2, -0.15) is 0 Å². The highest BCUT2D eigenvalue weighted by Gasteiger charge is 2.17. The van der Waals surface area contributed by atoms with Crippen LogP contribution in [0.2, 0.25) is 0 Å². The molecule has 0 saturated carbocycles. The van der Waals surface area contributed by atoms with E-state index in [9.17, 15) is 10.0 Å². The third-order valence-electron chi connectivity index (χ3n) is 5.51. The SMILES string of the molecule is CC(C)COc1ccc(-c2ccc3c(c2)c2cc(B(O)O)ccc2n3CC(C)C)cc1. The van der Waals surface area contributed by atoms with Gasteiger partial charge in [0.05, 0.1) is 6.61 Å². The van der Waals surface area contributed by atoms with E-state index in [-0.39, 0.29) is 0 Å². The molecular formula is C26H30BNO3. The third-order valence-corrected chi connectivity index (χ3v) is 5.51. The zero-order chi connectivity index (χ0) is 22.1. The Labute approximate surface area is 184 Å². The molecule has 1 heterocycles. The molecule has 0 atom stereocenters. The number of hydrogen-bond acceptors (Lipinski definition) is 3. The lowest BCUT2D eigenvalue weighted by Gasteiger charge is -2.11. The zero-order valence-corrected chi connectivity index (χ0v) is 18.7. The lowest BCUT2D eigenvalue weighted by molar-refractivity contribution is 0.271. The minimum Gasteiger partial charge on any atom is -0.493 e. The summed E-state index contributed by atoms with van der Waals surface area (Å²) in [6, 6.07) is 20.4. The van der Waals surface area contributed by atoms with Crippen molar-refractivity contribution in [3.63, 3.8) is 0 Å². The average molecular weight is 415 g/mol. The van der Waals surface area contributed by atoms with Crippen molar-refractivity contribution in [2.24, 2.45) is 11.8 Å². The Bertz CT molecular complexity index is 1190. The summed E-state index contributed by atoms with van der Waals surface area (Å²) in [5.41, 5.74) is 5.04. The first-order valence-electron chi connectivity index (χ1n) is 11.0. The summed E-state index contributed by atoms with van der Waals surface area (Å²) in [5.74, 6) is 1.88. The first-order valence-corrected chi connectivity index (χ1v) is 11.0. The molecule has 0 fully saturated rings. The van der Waals surface area contributed by atoms with Crippen LogP contribution in [0.3, 0.4) is 0 Å². The second kappa shape index (κ2) is 8.78. The van der Waals surface area contributed by atoms with Crippen LogP contribution >= 0.6 is 0 Å². The smallest absolute Gasteiger partial charge is 0.488 e. The maximum Gasteiger partial charge on any atom is 0.488 e. The molecule has 160 valence electrons. The third kappa shape index (κ3) is 4.48. The molecule has 4 rings (SSSR count). The first kappa shape index (κ1) is 21.5. The number of aromatic nitrogens is 1. The molecule has 4 nitrogen and oxygen atoms in total. The summed E-state index contributed by atoms with van der Waals surface area (Å²) in [6.45, 7) is 10.3. The minimum atomic E-state index is -1.48. The Kier molecular flexibility index (Phi) is 6.08. The second-order valence-electron chi connectivity index (χ2n) is 9.12. The van der Waals surface area contributed by atoms with Crippen LogP contribution < -0.4 is 10.2 Å². The van der Waals surface area contributed by atoms with Gasteiger partial charge in [-0.1, -0.05) is 58.0 Å². The van der Waals surface area contributed by atoms with Crippen LogP contribution in [-0.4, -0.2) is 28.3 Å². The largest absolute Gasteiger partial charge is 0.493 e. The Hall–Kier alpha value is -2.76. The zero-order valence-electron chi connectivity index (χ0n) is 18.7. The molecule has 2 N–H and O–H groups in total. The van der Waals surface area contributed by atoms with Gasteiger partial charge in [0.15, 0.2) is 0 Å². The second-order valence-corrected chi connectivity index (χ2v) is 9.12. The highest BCUT2D eigenvalue weighted by molar-refractivity contribution is 6.59. The van der Waals surface area contributed by atoms with Crippen molar-refractivity contribution in [2.45, 2.75) is 34.2 Å². The van der Waals surface area contributed by atoms with Gasteiger partial charge >= 0.3 is 7.12 Å². The predicted octanol–water partition coefficient (Wildman–Crippen LogP) is 4.83. The molecule has 0 saturated heterocycles. The van der Waals surface area contributed by atoms with Crippen LogP contribution in [0.15, 0.2) is 60.7 Å². The van der Waals surface area contributed by atoms with Gasteiger partial charge in [0.2, 0.25) is 0 Å². The van der Waals surface area contributed by atoms with E-state index in [1.807, 2.05) is 24.3 Å². The van der Waals surface area contributed by atoms with Crippen molar-refractivity contribution in [1.29, 1.82) is 0 Å². The Morgan fingerprint density at radius 1 is 0.774 bits per heavy atom. The van der Waals surface area contributed by atoms with Gasteiger partial charge in [-0.15, -0.1) is 0 Å². The fourth-order valence-electron chi connectivity index (χ4n) is 4.03. The van der Waals surface area contributed by atoms with Crippen LogP contribution in [0.1, 0.15) is 27.7 Å². The number of rotatable bonds is 7. The highest BCUT2D eigenvalue weighted by Crippen LogP contribution is 2.33. The van der Waals surface area contributed by atoms with Crippen LogP contribution in [0.25, 0.3) is 32.9 Å². The van der Waals surface area contributed by atoms with Gasteiger partial charge in [-0.05, 0) is 58.8 Å². The Morgan fingerprint density at radius 2 is 1.39 bits per heavy atom. The van der Waals surface area contributed by atoms with Crippen molar-refractivity contribution in [3.05, 3.63) is 60.7 Å². The average Bonchev–Trinajstić information content (AvgIpc) is 3.04. The highest BCUT2D eigenvalue weighted by atomic mass is 16.5. The maximum absolute atomic E-state index is 9.68. The summed E-state index contributed by atoms with van der Waals surface area (Å²) < 4.78 is 8.14. The molecule has 31 heavy (non-hydrogen) atoms. The number of fused-ring (bicyclic) bond motifs is 3. The van der Waals surface area contributed by atoms with Gasteiger partial charge in [-0.3, -0.25) is 0 Å². The quantitative estimate of drug-likeness (QED) is 0.425. The van der Waals surface area contributed by atoms with E-state index in [2.05, 4.69) is 62.6 Å². The lowest BCUT2D eigenvalue weighted by Crippen LogP contribution is -2.29. The number of hydrogen-bond donors (Lipinski definition) is 2. The molecule has 3 aromatic carbocycles. The molecule has 0 bridgehead atoms. The molecule has 5 heteroatoms. The van der Waals surface area contributed by atoms with Gasteiger partial charge in [0.25, 0.3) is 0 Å². The standard InChI is InChI=1S/C26H30BNO3/c1-17(2)15-28-25-11-7-20(19-5-9-22(10-6-19)31-16-18(3)4)13-23(25)24-14-21(27(29)30)8-12-26(24)28/h5-14,17-18,29-30H,15-16H2,1-4H3. The number of ether oxygens (including phenoxy) is 1. The summed E-state index contributed by atoms with van der Waals surface area (Å²) in [7, 11) is -1.48. The fourth-order valence-corrected chi connectivity index (χ4v) is 4.03. The summed E-state index contributed by atoms with van der Waals surface area (Å²) in [6.07, 6.45) is 0. The van der Waals surface area contributed by atoms with E-state index in [1.165, 1.54) is 0 Å². The molecule has 0 aliphatic carbocycles. The molecule has 0 aliphatic heterocycles. The summed E-state index contributed by atoms with van der Waals surface area (Å²) >= 11 is 0. The van der Waals surface area contributed by atoms with Crippen molar-refractivity contribution in [2.75, 3.05) is 6.61 Å². The minimum absolute atomic E-state index is 0.493. The van der Waals surface area contributed by atoms with E-state index in [0.29, 0.717) is 23.9 Å². The van der Waals surface area contributed by atoms with Crippen LogP contribution in [0.4, 0.5) is 0 Å². The molecular weight excluding hydrogens is 385 g/mol. The lowest BCUT2D eigenvalue weighted by atomic mass is 9.80. The van der Waals surface area contributed by atoms with Crippen LogP contribution in [0.5, 0.6) is 5.75 Å². The molecule has 0 spiro atoms. The Balaban J connectivity index is 1.80. The summed E-state index contributed by atoms with van der Waals surface area (Å²) in [4.78, 5) is 0. The van der Waals surface area contributed by atoms with E-state index < -0.39 is 7.12 Å². The fraction of sp³-hybridized carbons (Fsp3) is 0.308. The first-order chi connectivity index (χ1) is 14.8. The maximum atomic E-state index is 9.68. The van der Waals surface area contributed by atoms with E-state index >= 15 is 0 Å².